The summed E-state index contributed by atoms with van der Waals surface area (Å²) >= 11 is 0. The van der Waals surface area contributed by atoms with Gasteiger partial charge in [-0.1, -0.05) is 257 Å². The average molecular weight is 997 g/mol. The number of fused-ring (bicyclic) bond motifs is 2. The fourth-order valence-electron chi connectivity index (χ4n) is 12.2. The third-order valence-electron chi connectivity index (χ3n) is 16.9. The first-order valence-electron chi connectivity index (χ1n) is 27.7. The lowest BCUT2D eigenvalue weighted by molar-refractivity contribution is 0.587. The van der Waals surface area contributed by atoms with Gasteiger partial charge in [0, 0.05) is 50.4 Å². The third kappa shape index (κ3) is 9.83. The summed E-state index contributed by atoms with van der Waals surface area (Å²) in [6.07, 6.45) is 6.73. The van der Waals surface area contributed by atoms with Crippen LogP contribution >= 0.6 is 0 Å². The molecule has 1 aliphatic heterocycles. The molecule has 1 aliphatic rings. The average Bonchev–Trinajstić information content (AvgIpc) is 3.56. The van der Waals surface area contributed by atoms with E-state index in [4.69, 9.17) is 0 Å². The van der Waals surface area contributed by atoms with Gasteiger partial charge in [-0.3, -0.25) is 0 Å². The second-order valence-corrected chi connectivity index (χ2v) is 25.1. The van der Waals surface area contributed by atoms with E-state index in [1.165, 1.54) is 94.8 Å². The Bertz CT molecular complexity index is 3390. The minimum absolute atomic E-state index is 0.0817. The van der Waals surface area contributed by atoms with Gasteiger partial charge < -0.3 is 9.80 Å². The van der Waals surface area contributed by atoms with Crippen LogP contribution in [0.2, 0.25) is 0 Å². The first-order chi connectivity index (χ1) is 36.0. The normalized spacial score (nSPS) is 13.5. The molecule has 76 heavy (non-hydrogen) atoms. The van der Waals surface area contributed by atoms with Crippen molar-refractivity contribution in [3.8, 4) is 0 Å². The molecule has 8 aromatic carbocycles. The molecule has 386 valence electrons. The van der Waals surface area contributed by atoms with Crippen molar-refractivity contribution in [2.45, 2.75) is 138 Å². The monoisotopic (exact) mass is 997 g/mol. The van der Waals surface area contributed by atoms with Crippen molar-refractivity contribution in [2.24, 2.45) is 0 Å². The molecule has 8 aromatic rings. The van der Waals surface area contributed by atoms with Crippen LogP contribution in [0.1, 0.15) is 147 Å². The third-order valence-corrected chi connectivity index (χ3v) is 16.9. The lowest BCUT2D eigenvalue weighted by Crippen LogP contribution is -2.59. The Morgan fingerprint density at radius 3 is 1.45 bits per heavy atom. The molecule has 0 bridgehead atoms. The van der Waals surface area contributed by atoms with Crippen molar-refractivity contribution in [3.63, 3.8) is 0 Å². The van der Waals surface area contributed by atoms with Crippen molar-refractivity contribution in [3.05, 3.63) is 256 Å². The van der Waals surface area contributed by atoms with Gasteiger partial charge >= 0.3 is 0 Å². The van der Waals surface area contributed by atoms with Crippen molar-refractivity contribution in [1.29, 1.82) is 0 Å². The number of benzene rings is 8. The van der Waals surface area contributed by atoms with E-state index >= 15 is 0 Å². The summed E-state index contributed by atoms with van der Waals surface area (Å²) < 4.78 is 0. The first-order valence-corrected chi connectivity index (χ1v) is 27.7. The van der Waals surface area contributed by atoms with E-state index in [1.54, 1.807) is 0 Å². The number of allylic oxidation sites excluding steroid dienone is 4. The molecule has 0 atom stereocenters. The van der Waals surface area contributed by atoms with Gasteiger partial charge in [-0.25, -0.2) is 0 Å². The highest BCUT2D eigenvalue weighted by Gasteiger charge is 2.41. The number of nitrogens with zero attached hydrogens (tertiary/aromatic N) is 2. The molecule has 0 saturated heterocycles. The zero-order valence-electron chi connectivity index (χ0n) is 48.5. The van der Waals surface area contributed by atoms with Crippen molar-refractivity contribution in [2.75, 3.05) is 9.80 Å². The molecule has 0 spiro atoms. The van der Waals surface area contributed by atoms with Crippen LogP contribution < -0.4 is 26.2 Å². The molecular formula is C73H81BN2. The molecule has 3 heteroatoms. The molecule has 9 rings (SSSR count). The van der Waals surface area contributed by atoms with E-state index in [0.29, 0.717) is 0 Å². The summed E-state index contributed by atoms with van der Waals surface area (Å²) in [5, 5.41) is 0. The Hall–Kier alpha value is -7.10. The highest BCUT2D eigenvalue weighted by Crippen LogP contribution is 2.48. The topological polar surface area (TPSA) is 6.48 Å². The molecular weight excluding hydrogens is 916 g/mol. The minimum Gasteiger partial charge on any atom is -0.311 e. The predicted octanol–water partition coefficient (Wildman–Crippen LogP) is 18.1. The second kappa shape index (κ2) is 20.5. The van der Waals surface area contributed by atoms with E-state index in [2.05, 4.69) is 321 Å². The van der Waals surface area contributed by atoms with Crippen molar-refractivity contribution < 1.29 is 0 Å². The van der Waals surface area contributed by atoms with Crippen LogP contribution in [-0.4, -0.2) is 6.71 Å². The van der Waals surface area contributed by atoms with Crippen LogP contribution in [0.25, 0.3) is 0 Å². The number of anilines is 6. The van der Waals surface area contributed by atoms with Gasteiger partial charge in [0.05, 0.1) is 0 Å². The molecule has 0 saturated carbocycles. The predicted molar refractivity (Wildman–Crippen MR) is 333 cm³/mol. The van der Waals surface area contributed by atoms with Gasteiger partial charge in [-0.15, -0.1) is 0 Å². The van der Waals surface area contributed by atoms with Gasteiger partial charge in [-0.2, -0.15) is 0 Å². The minimum atomic E-state index is -0.261. The smallest absolute Gasteiger partial charge is 0.247 e. The van der Waals surface area contributed by atoms with E-state index in [9.17, 15) is 0 Å². The zero-order chi connectivity index (χ0) is 54.5. The summed E-state index contributed by atoms with van der Waals surface area (Å²) in [5.41, 5.74) is 23.0. The fourth-order valence-corrected chi connectivity index (χ4v) is 12.2. The molecule has 0 aliphatic carbocycles. The number of hydrogen-bond donors (Lipinski definition) is 0. The van der Waals surface area contributed by atoms with E-state index < -0.39 is 0 Å². The van der Waals surface area contributed by atoms with Gasteiger partial charge in [0.25, 0.3) is 0 Å². The molecule has 0 unspecified atom stereocenters. The van der Waals surface area contributed by atoms with Crippen LogP contribution in [-0.2, 0) is 27.1 Å². The second-order valence-electron chi connectivity index (χ2n) is 25.1. The lowest BCUT2D eigenvalue weighted by atomic mass is 9.33. The maximum atomic E-state index is 2.59. The summed E-state index contributed by atoms with van der Waals surface area (Å²) in [7, 11) is 0. The molecule has 1 heterocycles. The highest BCUT2D eigenvalue weighted by atomic mass is 15.2. The van der Waals surface area contributed by atoms with Crippen LogP contribution in [0.5, 0.6) is 0 Å². The summed E-state index contributed by atoms with van der Waals surface area (Å²) in [6.45, 7) is 37.1. The van der Waals surface area contributed by atoms with E-state index in [0.717, 1.165) is 11.4 Å². The Labute approximate surface area is 458 Å². The summed E-state index contributed by atoms with van der Waals surface area (Å²) in [4.78, 5) is 5.16. The Morgan fingerprint density at radius 1 is 0.447 bits per heavy atom. The molecule has 2 nitrogen and oxygen atoms in total. The Balaban J connectivity index is 1.39. The number of hydrogen-bond acceptors (Lipinski definition) is 2. The fraction of sp³-hybridized carbons (Fsp3) is 0.288. The van der Waals surface area contributed by atoms with Gasteiger partial charge in [0.2, 0.25) is 6.71 Å². The Morgan fingerprint density at radius 2 is 0.921 bits per heavy atom. The van der Waals surface area contributed by atoms with Crippen LogP contribution in [0, 0.1) is 13.8 Å². The van der Waals surface area contributed by atoms with Gasteiger partial charge in [0.1, 0.15) is 0 Å². The van der Waals surface area contributed by atoms with E-state index in [1.807, 2.05) is 0 Å². The Kier molecular flexibility index (Phi) is 14.5. The number of rotatable bonds is 12. The van der Waals surface area contributed by atoms with Gasteiger partial charge in [0.15, 0.2) is 0 Å². The maximum absolute atomic E-state index is 2.59. The van der Waals surface area contributed by atoms with Crippen LogP contribution in [0.15, 0.2) is 206 Å². The number of para-hydroxylation sites is 2. The van der Waals surface area contributed by atoms with Crippen LogP contribution in [0.4, 0.5) is 34.1 Å². The zero-order valence-corrected chi connectivity index (χ0v) is 48.5. The number of aryl methyl sites for hydroxylation is 2. The lowest BCUT2D eigenvalue weighted by Gasteiger charge is -2.41. The summed E-state index contributed by atoms with van der Waals surface area (Å²) in [5.74, 6) is 0. The SMILES string of the molecule is C/C=C\C(=C/C)C(C)(C)c1ccc(C)c(B2c3cc(C(C)(C)c4ccccc4)ccc3N(c3ccc(C(C)(C)c4ccccc4)cc3)c3cc(N(c4ccccc4C(C)(C)C)c4ccccc4C(C)(C)C)cc(C)c32)c1. The van der Waals surface area contributed by atoms with Crippen molar-refractivity contribution in [1.82, 2.24) is 0 Å². The standard InChI is InChI=1S/C73H81BN2/c1-17-29-52(18-2)71(11,12)56-39-38-50(3)62(47-56)74-63-48-57(73(15,16)54-32-23-20-24-33-54)42-45-66(63)75(58-43-40-55(41-44-58)72(13,14)53-30-21-19-22-31-53)67-49-59(46-51(4)68(67)74)76(64-36-27-25-34-60(64)69(5,6)7)65-37-28-26-35-61(65)70(8,9)10/h17-49H,1-16H3/b29-17-,52-18+. The van der Waals surface area contributed by atoms with Crippen molar-refractivity contribution >= 4 is 57.2 Å². The maximum Gasteiger partial charge on any atom is 0.247 e. The van der Waals surface area contributed by atoms with E-state index in [-0.39, 0.29) is 33.8 Å². The molecule has 0 amide bonds. The molecule has 0 aromatic heterocycles. The van der Waals surface area contributed by atoms with Gasteiger partial charge in [-0.05, 0) is 136 Å². The first kappa shape index (κ1) is 53.7. The quantitative estimate of drug-likeness (QED) is 0.0889. The molecule has 0 fully saturated rings. The summed E-state index contributed by atoms with van der Waals surface area (Å²) in [6, 6.07) is 69.2. The largest absolute Gasteiger partial charge is 0.311 e. The molecule has 0 radical (unpaired) electrons. The van der Waals surface area contributed by atoms with Crippen LogP contribution in [0.3, 0.4) is 0 Å². The molecule has 0 N–H and O–H groups in total. The highest BCUT2D eigenvalue weighted by molar-refractivity contribution is 6.98.